The summed E-state index contributed by atoms with van der Waals surface area (Å²) < 4.78 is 13.5. The van der Waals surface area contributed by atoms with Crippen LogP contribution >= 0.6 is 0 Å². The third-order valence-electron chi connectivity index (χ3n) is 3.65. The van der Waals surface area contributed by atoms with E-state index in [-0.39, 0.29) is 17.8 Å². The molecule has 0 radical (unpaired) electrons. The van der Waals surface area contributed by atoms with Gasteiger partial charge in [-0.05, 0) is 31.0 Å². The first kappa shape index (κ1) is 15.3. The van der Waals surface area contributed by atoms with E-state index in [1.165, 1.54) is 13.0 Å². The van der Waals surface area contributed by atoms with E-state index in [1.807, 2.05) is 0 Å². The van der Waals surface area contributed by atoms with Crippen LogP contribution in [0, 0.1) is 12.7 Å². The van der Waals surface area contributed by atoms with Crippen molar-refractivity contribution in [3.8, 4) is 0 Å². The molecule has 2 rings (SSSR count). The van der Waals surface area contributed by atoms with Crippen LogP contribution in [0.25, 0.3) is 0 Å². The van der Waals surface area contributed by atoms with Gasteiger partial charge in [0.2, 0.25) is 5.91 Å². The number of nitrogens with one attached hydrogen (secondary N) is 1. The summed E-state index contributed by atoms with van der Waals surface area (Å²) in [6, 6.07) is 4.36. The summed E-state index contributed by atoms with van der Waals surface area (Å²) >= 11 is 0. The lowest BCUT2D eigenvalue weighted by molar-refractivity contribution is -0.128. The second-order valence-corrected chi connectivity index (χ2v) is 5.24. The Morgan fingerprint density at radius 3 is 2.48 bits per heavy atom. The van der Waals surface area contributed by atoms with Gasteiger partial charge in [0.25, 0.3) is 0 Å². The normalized spacial score (nSPS) is 15.6. The van der Waals surface area contributed by atoms with Crippen molar-refractivity contribution in [1.82, 2.24) is 9.80 Å². The summed E-state index contributed by atoms with van der Waals surface area (Å²) in [5.41, 5.74) is 0.982. The lowest BCUT2D eigenvalue weighted by Gasteiger charge is -2.21. The molecule has 3 amide bonds. The third-order valence-corrected chi connectivity index (χ3v) is 3.65. The first-order valence-corrected chi connectivity index (χ1v) is 7.05. The molecule has 21 heavy (non-hydrogen) atoms. The Morgan fingerprint density at radius 1 is 1.14 bits per heavy atom. The molecule has 1 aliphatic heterocycles. The standard InChI is InChI=1S/C15H20FN3O2/c1-11-4-5-13(10-14(11)16)17-15(21)19-7-3-6-18(8-9-19)12(2)20/h4-5,10H,3,6-9H2,1-2H3,(H,17,21). The number of carbonyl (C=O) groups excluding carboxylic acids is 2. The highest BCUT2D eigenvalue weighted by Gasteiger charge is 2.20. The van der Waals surface area contributed by atoms with E-state index in [4.69, 9.17) is 0 Å². The Labute approximate surface area is 123 Å². The smallest absolute Gasteiger partial charge is 0.321 e. The molecule has 1 heterocycles. The molecule has 1 N–H and O–H groups in total. The molecule has 1 aromatic carbocycles. The second-order valence-electron chi connectivity index (χ2n) is 5.24. The number of amides is 3. The lowest BCUT2D eigenvalue weighted by Crippen LogP contribution is -2.38. The van der Waals surface area contributed by atoms with Gasteiger partial charge in [-0.3, -0.25) is 4.79 Å². The van der Waals surface area contributed by atoms with Crippen LogP contribution in [0.1, 0.15) is 18.9 Å². The maximum Gasteiger partial charge on any atom is 0.321 e. The zero-order valence-electron chi connectivity index (χ0n) is 12.4. The molecule has 1 aliphatic rings. The number of halogens is 1. The zero-order valence-corrected chi connectivity index (χ0v) is 12.4. The molecule has 0 aromatic heterocycles. The quantitative estimate of drug-likeness (QED) is 0.863. The minimum Gasteiger partial charge on any atom is -0.341 e. The molecule has 0 spiro atoms. The topological polar surface area (TPSA) is 52.7 Å². The van der Waals surface area contributed by atoms with Crippen molar-refractivity contribution < 1.29 is 14.0 Å². The average molecular weight is 293 g/mol. The van der Waals surface area contributed by atoms with Gasteiger partial charge in [0.05, 0.1) is 0 Å². The van der Waals surface area contributed by atoms with Gasteiger partial charge in [0.15, 0.2) is 0 Å². The van der Waals surface area contributed by atoms with Gasteiger partial charge < -0.3 is 15.1 Å². The molecule has 5 nitrogen and oxygen atoms in total. The number of aryl methyl sites for hydroxylation is 1. The van der Waals surface area contributed by atoms with Gasteiger partial charge in [-0.15, -0.1) is 0 Å². The molecule has 0 bridgehead atoms. The van der Waals surface area contributed by atoms with Gasteiger partial charge in [0, 0.05) is 38.8 Å². The summed E-state index contributed by atoms with van der Waals surface area (Å²) in [7, 11) is 0. The van der Waals surface area contributed by atoms with Gasteiger partial charge in [-0.25, -0.2) is 9.18 Å². The largest absolute Gasteiger partial charge is 0.341 e. The van der Waals surface area contributed by atoms with Gasteiger partial charge >= 0.3 is 6.03 Å². The summed E-state index contributed by atoms with van der Waals surface area (Å²) in [5.74, 6) is -0.315. The van der Waals surface area contributed by atoms with E-state index in [2.05, 4.69) is 5.32 Å². The summed E-state index contributed by atoms with van der Waals surface area (Å²) in [5, 5.41) is 2.70. The third kappa shape index (κ3) is 3.93. The highest BCUT2D eigenvalue weighted by Crippen LogP contribution is 2.14. The van der Waals surface area contributed by atoms with E-state index in [9.17, 15) is 14.0 Å². The Bertz CT molecular complexity index is 548. The number of anilines is 1. The van der Waals surface area contributed by atoms with Crippen molar-refractivity contribution in [2.45, 2.75) is 20.3 Å². The van der Waals surface area contributed by atoms with Crippen LogP contribution in [0.4, 0.5) is 14.9 Å². The highest BCUT2D eigenvalue weighted by atomic mass is 19.1. The first-order chi connectivity index (χ1) is 9.97. The Morgan fingerprint density at radius 2 is 1.81 bits per heavy atom. The molecule has 1 saturated heterocycles. The van der Waals surface area contributed by atoms with E-state index in [1.54, 1.807) is 28.9 Å². The van der Waals surface area contributed by atoms with Crippen molar-refractivity contribution >= 4 is 17.6 Å². The Hall–Kier alpha value is -2.11. The predicted octanol–water partition coefficient (Wildman–Crippen LogP) is 2.22. The minimum atomic E-state index is -0.341. The molecule has 0 saturated carbocycles. The maximum atomic E-state index is 13.5. The number of carbonyl (C=O) groups is 2. The molecular formula is C15H20FN3O2. The number of rotatable bonds is 1. The highest BCUT2D eigenvalue weighted by molar-refractivity contribution is 5.89. The molecule has 0 atom stereocenters. The molecule has 1 aromatic rings. The fraction of sp³-hybridized carbons (Fsp3) is 0.467. The van der Waals surface area contributed by atoms with Crippen molar-refractivity contribution in [2.75, 3.05) is 31.5 Å². The SMILES string of the molecule is CC(=O)N1CCCN(C(=O)Nc2ccc(C)c(F)c2)CC1. The Balaban J connectivity index is 1.96. The zero-order chi connectivity index (χ0) is 15.4. The molecule has 1 fully saturated rings. The lowest BCUT2D eigenvalue weighted by atomic mass is 10.2. The van der Waals surface area contributed by atoms with Crippen LogP contribution in [0.5, 0.6) is 0 Å². The molecule has 114 valence electrons. The Kier molecular flexibility index (Phi) is 4.77. The minimum absolute atomic E-state index is 0.0258. The molecule has 0 unspecified atom stereocenters. The van der Waals surface area contributed by atoms with Crippen molar-refractivity contribution in [1.29, 1.82) is 0 Å². The van der Waals surface area contributed by atoms with E-state index < -0.39 is 0 Å². The van der Waals surface area contributed by atoms with Gasteiger partial charge in [-0.2, -0.15) is 0 Å². The predicted molar refractivity (Wildman–Crippen MR) is 78.6 cm³/mol. The molecule has 0 aliphatic carbocycles. The number of hydrogen-bond acceptors (Lipinski definition) is 2. The number of benzene rings is 1. The van der Waals surface area contributed by atoms with E-state index in [0.717, 1.165) is 6.42 Å². The van der Waals surface area contributed by atoms with Crippen LogP contribution in [0.15, 0.2) is 18.2 Å². The fourth-order valence-corrected chi connectivity index (χ4v) is 2.31. The first-order valence-electron chi connectivity index (χ1n) is 7.05. The number of urea groups is 1. The molecule has 6 heteroatoms. The van der Waals surface area contributed by atoms with Gasteiger partial charge in [-0.1, -0.05) is 6.07 Å². The fourth-order valence-electron chi connectivity index (χ4n) is 2.31. The number of hydrogen-bond donors (Lipinski definition) is 1. The van der Waals surface area contributed by atoms with Crippen LogP contribution in [0.2, 0.25) is 0 Å². The monoisotopic (exact) mass is 293 g/mol. The average Bonchev–Trinajstić information content (AvgIpc) is 2.69. The van der Waals surface area contributed by atoms with Crippen LogP contribution in [-0.4, -0.2) is 47.9 Å². The summed E-state index contributed by atoms with van der Waals surface area (Å²) in [6.45, 7) is 5.48. The maximum absolute atomic E-state index is 13.5. The second kappa shape index (κ2) is 6.56. The summed E-state index contributed by atoms with van der Waals surface area (Å²) in [4.78, 5) is 26.9. The van der Waals surface area contributed by atoms with Gasteiger partial charge in [0.1, 0.15) is 5.82 Å². The van der Waals surface area contributed by atoms with Crippen molar-refractivity contribution in [3.05, 3.63) is 29.6 Å². The van der Waals surface area contributed by atoms with Crippen molar-refractivity contribution in [2.24, 2.45) is 0 Å². The molecular weight excluding hydrogens is 273 g/mol. The van der Waals surface area contributed by atoms with Crippen LogP contribution in [0.3, 0.4) is 0 Å². The van der Waals surface area contributed by atoms with E-state index in [0.29, 0.717) is 37.4 Å². The van der Waals surface area contributed by atoms with Crippen LogP contribution in [-0.2, 0) is 4.79 Å². The van der Waals surface area contributed by atoms with E-state index >= 15 is 0 Å². The van der Waals surface area contributed by atoms with Crippen LogP contribution < -0.4 is 5.32 Å². The number of nitrogens with zero attached hydrogens (tertiary/aromatic N) is 2. The van der Waals surface area contributed by atoms with Crippen molar-refractivity contribution in [3.63, 3.8) is 0 Å². The summed E-state index contributed by atoms with van der Waals surface area (Å²) in [6.07, 6.45) is 0.745.